The van der Waals surface area contributed by atoms with Crippen molar-refractivity contribution in [3.63, 3.8) is 0 Å². The zero-order valence-electron chi connectivity index (χ0n) is 14.3. The van der Waals surface area contributed by atoms with Crippen LogP contribution in [-0.2, 0) is 22.5 Å². The number of phenols is 1. The molecule has 1 aromatic carbocycles. The molecule has 0 spiro atoms. The lowest BCUT2D eigenvalue weighted by molar-refractivity contribution is -0.117. The predicted molar refractivity (Wildman–Crippen MR) is 95.2 cm³/mol. The number of hydrogen-bond donors (Lipinski definition) is 3. The van der Waals surface area contributed by atoms with E-state index in [9.17, 15) is 18.9 Å². The summed E-state index contributed by atoms with van der Waals surface area (Å²) in [7, 11) is 0. The molecule has 140 valence electrons. The molecular weight excluding hydrogens is 363 g/mol. The normalized spacial score (nSPS) is 17.2. The van der Waals surface area contributed by atoms with Gasteiger partial charge in [0.25, 0.3) is 11.5 Å². The molecule has 0 radical (unpaired) electrons. The number of hydrogen-bond acceptors (Lipinski definition) is 4. The van der Waals surface area contributed by atoms with Crippen LogP contribution in [0.2, 0.25) is 0 Å². The van der Waals surface area contributed by atoms with Crippen LogP contribution in [0.3, 0.4) is 0 Å². The number of aromatic hydroxyl groups is 1. The van der Waals surface area contributed by atoms with Gasteiger partial charge in [-0.15, -0.1) is 0 Å². The van der Waals surface area contributed by atoms with E-state index in [0.29, 0.717) is 12.5 Å². The Labute approximate surface area is 151 Å². The van der Waals surface area contributed by atoms with Gasteiger partial charge in [0.05, 0.1) is 5.56 Å². The van der Waals surface area contributed by atoms with Crippen LogP contribution in [0.1, 0.15) is 20.3 Å². The second kappa shape index (κ2) is 6.94. The maximum absolute atomic E-state index is 15.0. The Morgan fingerprint density at radius 3 is 2.65 bits per heavy atom. The maximum Gasteiger partial charge on any atom is 0.272 e. The monoisotopic (exact) mass is 382 g/mol. The van der Waals surface area contributed by atoms with E-state index in [4.69, 9.17) is 0 Å². The molecule has 1 aliphatic rings. The highest BCUT2D eigenvalue weighted by atomic mass is 32.2. The van der Waals surface area contributed by atoms with Gasteiger partial charge in [0, 0.05) is 18.3 Å². The SMILES string of the molecule is CC(C)CCn1cc(-c2ccc(O)c(N3CC(=O)NS3=O)c2F)c(=O)[nH]1. The summed E-state index contributed by atoms with van der Waals surface area (Å²) in [6.07, 6.45) is 2.35. The Morgan fingerprint density at radius 1 is 1.31 bits per heavy atom. The highest BCUT2D eigenvalue weighted by Crippen LogP contribution is 2.37. The Kier molecular flexibility index (Phi) is 4.86. The van der Waals surface area contributed by atoms with Crippen LogP contribution in [-0.4, -0.2) is 31.5 Å². The highest BCUT2D eigenvalue weighted by Gasteiger charge is 2.32. The lowest BCUT2D eigenvalue weighted by Crippen LogP contribution is -2.24. The van der Waals surface area contributed by atoms with Crippen LogP contribution < -0.4 is 14.6 Å². The molecular formula is C16H19FN4O4S. The molecule has 3 N–H and O–H groups in total. The van der Waals surface area contributed by atoms with Gasteiger partial charge in [-0.1, -0.05) is 13.8 Å². The first-order valence-electron chi connectivity index (χ1n) is 8.08. The first kappa shape index (κ1) is 18.2. The number of rotatable bonds is 5. The van der Waals surface area contributed by atoms with E-state index in [0.717, 1.165) is 10.7 Å². The molecule has 1 aromatic heterocycles. The molecule has 1 saturated heterocycles. The van der Waals surface area contributed by atoms with Crippen molar-refractivity contribution in [3.05, 3.63) is 34.5 Å². The maximum atomic E-state index is 15.0. The van der Waals surface area contributed by atoms with Gasteiger partial charge in [0.2, 0.25) is 11.2 Å². The summed E-state index contributed by atoms with van der Waals surface area (Å²) in [6, 6.07) is 2.48. The summed E-state index contributed by atoms with van der Waals surface area (Å²) in [5.74, 6) is -1.49. The number of nitrogens with one attached hydrogen (secondary N) is 2. The van der Waals surface area contributed by atoms with E-state index in [1.54, 1.807) is 4.68 Å². The molecule has 1 aliphatic heterocycles. The van der Waals surface area contributed by atoms with Crippen molar-refractivity contribution >= 4 is 22.8 Å². The number of phenolic OH excluding ortho intramolecular Hbond substituents is 1. The molecule has 10 heteroatoms. The van der Waals surface area contributed by atoms with Gasteiger partial charge in [-0.25, -0.2) is 8.60 Å². The number of H-pyrrole nitrogens is 1. The molecule has 0 bridgehead atoms. The zero-order chi connectivity index (χ0) is 19.0. The average molecular weight is 382 g/mol. The van der Waals surface area contributed by atoms with Crippen molar-refractivity contribution in [1.82, 2.24) is 14.5 Å². The summed E-state index contributed by atoms with van der Waals surface area (Å²) >= 11 is -1.99. The molecule has 0 aliphatic carbocycles. The molecule has 3 rings (SSSR count). The first-order valence-corrected chi connectivity index (χ1v) is 9.18. The van der Waals surface area contributed by atoms with Gasteiger partial charge < -0.3 is 5.11 Å². The summed E-state index contributed by atoms with van der Waals surface area (Å²) in [4.78, 5) is 23.6. The highest BCUT2D eigenvalue weighted by molar-refractivity contribution is 7.85. The number of aryl methyl sites for hydroxylation is 1. The number of benzene rings is 1. The number of halogens is 1. The van der Waals surface area contributed by atoms with Crippen molar-refractivity contribution in [3.8, 4) is 16.9 Å². The molecule has 26 heavy (non-hydrogen) atoms. The van der Waals surface area contributed by atoms with Crippen LogP contribution in [0.5, 0.6) is 5.75 Å². The Hall–Kier alpha value is -2.62. The standard InChI is InChI=1S/C16H19FN4O4S/c1-9(2)5-6-20-7-11(16(24)18-20)10-3-4-12(22)15(14(10)17)21-8-13(23)19-26(21)25/h3-4,7,9,22H,5-6,8H2,1-2H3,(H,18,24)(H,19,23). The van der Waals surface area contributed by atoms with Crippen LogP contribution >= 0.6 is 0 Å². The first-order chi connectivity index (χ1) is 12.3. The third kappa shape index (κ3) is 3.36. The minimum absolute atomic E-state index is 0.0429. The van der Waals surface area contributed by atoms with Crippen LogP contribution in [0.25, 0.3) is 11.1 Å². The molecule has 1 atom stereocenters. The number of aromatic nitrogens is 2. The molecule has 1 fully saturated rings. The number of amides is 1. The zero-order valence-corrected chi connectivity index (χ0v) is 15.1. The van der Waals surface area contributed by atoms with Crippen molar-refractivity contribution in [2.45, 2.75) is 26.8 Å². The van der Waals surface area contributed by atoms with Crippen molar-refractivity contribution in [2.75, 3.05) is 10.8 Å². The second-order valence-corrected chi connectivity index (χ2v) is 7.61. The fourth-order valence-electron chi connectivity index (χ4n) is 2.68. The van der Waals surface area contributed by atoms with Crippen molar-refractivity contribution < 1.29 is 18.5 Å². The van der Waals surface area contributed by atoms with Crippen LogP contribution in [0.15, 0.2) is 23.1 Å². The van der Waals surface area contributed by atoms with E-state index < -0.39 is 34.2 Å². The Balaban J connectivity index is 2.02. The lowest BCUT2D eigenvalue weighted by atomic mass is 10.1. The molecule has 0 saturated carbocycles. The smallest absolute Gasteiger partial charge is 0.272 e. The van der Waals surface area contributed by atoms with Crippen LogP contribution in [0.4, 0.5) is 10.1 Å². The van der Waals surface area contributed by atoms with Gasteiger partial charge in [-0.2, -0.15) is 0 Å². The predicted octanol–water partition coefficient (Wildman–Crippen LogP) is 1.25. The lowest BCUT2D eigenvalue weighted by Gasteiger charge is -2.17. The van der Waals surface area contributed by atoms with Crippen molar-refractivity contribution in [2.24, 2.45) is 5.92 Å². The van der Waals surface area contributed by atoms with E-state index >= 15 is 4.39 Å². The summed E-state index contributed by atoms with van der Waals surface area (Å²) in [5.41, 5.74) is -0.801. The van der Waals surface area contributed by atoms with E-state index in [-0.39, 0.29) is 23.4 Å². The quantitative estimate of drug-likeness (QED) is 0.723. The third-order valence-corrected chi connectivity index (χ3v) is 5.16. The van der Waals surface area contributed by atoms with Gasteiger partial charge in [0.1, 0.15) is 18.0 Å². The minimum Gasteiger partial charge on any atom is -0.506 e. The van der Waals surface area contributed by atoms with Crippen LogP contribution in [0, 0.1) is 11.7 Å². The van der Waals surface area contributed by atoms with E-state index in [1.807, 2.05) is 0 Å². The molecule has 2 aromatic rings. The number of anilines is 1. The summed E-state index contributed by atoms with van der Waals surface area (Å²) in [6.45, 7) is 4.33. The number of aromatic amines is 1. The summed E-state index contributed by atoms with van der Waals surface area (Å²) < 4.78 is 31.6. The number of carbonyl (C=O) groups is 1. The largest absolute Gasteiger partial charge is 0.506 e. The topological polar surface area (TPSA) is 107 Å². The second-order valence-electron chi connectivity index (χ2n) is 6.47. The van der Waals surface area contributed by atoms with Gasteiger partial charge >= 0.3 is 0 Å². The number of nitrogens with zero attached hydrogens (tertiary/aromatic N) is 2. The molecule has 1 unspecified atom stereocenters. The minimum atomic E-state index is -1.99. The van der Waals surface area contributed by atoms with Gasteiger partial charge in [0.15, 0.2) is 5.82 Å². The fourth-order valence-corrected chi connectivity index (χ4v) is 3.63. The average Bonchev–Trinajstić information content (AvgIpc) is 3.08. The van der Waals surface area contributed by atoms with E-state index in [2.05, 4.69) is 23.7 Å². The molecule has 2 heterocycles. The van der Waals surface area contributed by atoms with E-state index in [1.165, 1.54) is 18.3 Å². The van der Waals surface area contributed by atoms with Gasteiger partial charge in [-0.05, 0) is 24.5 Å². The molecule has 8 nitrogen and oxygen atoms in total. The Morgan fingerprint density at radius 2 is 2.04 bits per heavy atom. The van der Waals surface area contributed by atoms with Crippen molar-refractivity contribution in [1.29, 1.82) is 0 Å². The molecule has 1 amide bonds. The number of carbonyl (C=O) groups excluding carboxylic acids is 1. The third-order valence-electron chi connectivity index (χ3n) is 4.05. The fraction of sp³-hybridized carbons (Fsp3) is 0.375. The Bertz CT molecular complexity index is 937. The summed E-state index contributed by atoms with van der Waals surface area (Å²) in [5, 5.41) is 12.6. The van der Waals surface area contributed by atoms with Gasteiger partial charge in [-0.3, -0.25) is 28.4 Å².